The third kappa shape index (κ3) is 27.6. The molecule has 0 aromatic rings. The van der Waals surface area contributed by atoms with Gasteiger partial charge in [0.15, 0.2) is 30.5 Å². The van der Waals surface area contributed by atoms with E-state index in [1.807, 2.05) is 0 Å². The van der Waals surface area contributed by atoms with Crippen LogP contribution in [0.1, 0.15) is 164 Å². The third-order valence-electron chi connectivity index (χ3n) is 12.6. The van der Waals surface area contributed by atoms with Crippen molar-refractivity contribution in [2.75, 3.05) is 0 Å². The molecule has 0 aliphatic carbocycles. The zero-order chi connectivity index (χ0) is 65.4. The second-order valence-electron chi connectivity index (χ2n) is 24.0. The number of hydrogen-bond donors (Lipinski definition) is 8. The Morgan fingerprint density at radius 1 is 0.357 bits per heavy atom. The van der Waals surface area contributed by atoms with E-state index in [2.05, 4.69) is 26.6 Å². The van der Waals surface area contributed by atoms with Crippen LogP contribution in [0.3, 0.4) is 0 Å². The molecular weight excluding hydrogens is 1100 g/mol. The molecule has 27 heteroatoms. The Balaban J connectivity index is 6.35. The predicted octanol–water partition coefficient (Wildman–Crippen LogP) is 2.64. The molecule has 0 aromatic heterocycles. The number of carbonyl (C=O) groups excluding carboxylic acids is 11. The van der Waals surface area contributed by atoms with Gasteiger partial charge in [0.2, 0.25) is 6.10 Å². The molecule has 9 N–H and O–H groups in total. The van der Waals surface area contributed by atoms with Crippen LogP contribution >= 0.6 is 0 Å². The van der Waals surface area contributed by atoms with Crippen LogP contribution in [0.25, 0.3) is 0 Å². The first-order chi connectivity index (χ1) is 38.6. The van der Waals surface area contributed by atoms with Crippen LogP contribution in [-0.4, -0.2) is 160 Å². The number of hydrogen-bond acceptors (Lipinski definition) is 20. The first kappa shape index (κ1) is 77.1. The molecule has 0 aliphatic heterocycles. The normalized spacial score (nSPS) is 15.9. The number of amides is 5. The lowest BCUT2D eigenvalue weighted by Crippen LogP contribution is -2.54. The summed E-state index contributed by atoms with van der Waals surface area (Å²) in [5.41, 5.74) is 5.92. The highest BCUT2D eigenvalue weighted by Gasteiger charge is 2.40. The van der Waals surface area contributed by atoms with Crippen LogP contribution in [0.2, 0.25) is 0 Å². The number of carbonyl (C=O) groups is 13. The molecule has 0 radical (unpaired) electrons. The summed E-state index contributed by atoms with van der Waals surface area (Å²) in [6, 6.07) is -8.44. The maximum atomic E-state index is 13.9. The molecule has 12 atom stereocenters. The molecule has 0 bridgehead atoms. The number of ether oxygens (including phenoxy) is 6. The van der Waals surface area contributed by atoms with Crippen molar-refractivity contribution in [1.29, 1.82) is 0 Å². The van der Waals surface area contributed by atoms with E-state index in [1.165, 1.54) is 62.3 Å². The average molecular weight is 1200 g/mol. The van der Waals surface area contributed by atoms with Gasteiger partial charge in [0, 0.05) is 12.3 Å². The summed E-state index contributed by atoms with van der Waals surface area (Å²) >= 11 is 0. The van der Waals surface area contributed by atoms with Gasteiger partial charge < -0.3 is 71.0 Å². The minimum Gasteiger partial charge on any atom is -0.481 e. The van der Waals surface area contributed by atoms with E-state index in [4.69, 9.17) is 34.2 Å². The van der Waals surface area contributed by atoms with Gasteiger partial charge in [-0.2, -0.15) is 0 Å². The second kappa shape index (κ2) is 36.7. The summed E-state index contributed by atoms with van der Waals surface area (Å²) < 4.78 is 32.8. The molecule has 0 saturated carbocycles. The Bertz CT molecular complexity index is 2270. The summed E-state index contributed by atoms with van der Waals surface area (Å²) in [6.45, 7) is 29.8. The molecule has 0 rings (SSSR count). The van der Waals surface area contributed by atoms with E-state index >= 15 is 0 Å². The predicted molar refractivity (Wildman–Crippen MR) is 301 cm³/mol. The van der Waals surface area contributed by atoms with Gasteiger partial charge in [0.1, 0.15) is 36.3 Å². The van der Waals surface area contributed by atoms with E-state index in [0.717, 1.165) is 0 Å². The minimum absolute atomic E-state index is 0.0302. The van der Waals surface area contributed by atoms with Crippen LogP contribution in [0.5, 0.6) is 0 Å². The van der Waals surface area contributed by atoms with E-state index in [0.29, 0.717) is 0 Å². The summed E-state index contributed by atoms with van der Waals surface area (Å²) in [5.74, 6) is -17.7. The van der Waals surface area contributed by atoms with Crippen LogP contribution in [0.15, 0.2) is 0 Å². The van der Waals surface area contributed by atoms with Gasteiger partial charge in [-0.15, -0.1) is 0 Å². The summed E-state index contributed by atoms with van der Waals surface area (Å²) in [4.78, 5) is 171. The highest BCUT2D eigenvalue weighted by atomic mass is 16.6. The van der Waals surface area contributed by atoms with Crippen molar-refractivity contribution in [3.05, 3.63) is 0 Å². The number of carboxylic acid groups (broad SMARTS) is 2. The molecule has 0 spiro atoms. The van der Waals surface area contributed by atoms with Gasteiger partial charge in [0.25, 0.3) is 29.5 Å². The Labute approximate surface area is 493 Å². The fourth-order valence-electron chi connectivity index (χ4n) is 7.57. The largest absolute Gasteiger partial charge is 0.481 e. The average Bonchev–Trinajstić information content (AvgIpc) is 3.56. The fourth-order valence-corrected chi connectivity index (χ4v) is 7.57. The van der Waals surface area contributed by atoms with Gasteiger partial charge in [0.05, 0.1) is 0 Å². The molecule has 0 aromatic carbocycles. The quantitative estimate of drug-likeness (QED) is 0.0327. The highest BCUT2D eigenvalue weighted by Crippen LogP contribution is 2.19. The number of esters is 6. The van der Waals surface area contributed by atoms with E-state index in [-0.39, 0.29) is 42.9 Å². The SMILES string of the molecule is CC(C)C[C@@H](OC(=O)[C@H](CCC(=O)O)NC(=O)[C@@H](OC(=O)[C@@H](C)NC(=O)[C@@H](CC(C)C)OC(=O)[C@@H](N)C(C)C)C(C)C)C(=O)N[C@H](C)C(=O)O[C@H](C(=O)N[C@H](C(=O)O[C@H](CC(C)C)C(=O)N[C@H](C)C(=O)O[C@H](C(=O)O)C(C)C)C(C)C)C(C)C. The summed E-state index contributed by atoms with van der Waals surface area (Å²) in [5, 5.41) is 31.1. The molecule has 84 heavy (non-hydrogen) atoms. The third-order valence-corrected chi connectivity index (χ3v) is 12.6. The summed E-state index contributed by atoms with van der Waals surface area (Å²) in [6.07, 6.45) is -10.5. The van der Waals surface area contributed by atoms with Crippen molar-refractivity contribution < 1.29 is 101 Å². The Morgan fingerprint density at radius 3 is 0.976 bits per heavy atom. The van der Waals surface area contributed by atoms with Crippen molar-refractivity contribution in [3.63, 3.8) is 0 Å². The van der Waals surface area contributed by atoms with Gasteiger partial charge >= 0.3 is 47.8 Å². The molecule has 0 unspecified atom stereocenters. The molecule has 27 nitrogen and oxygen atoms in total. The van der Waals surface area contributed by atoms with Crippen molar-refractivity contribution in [3.8, 4) is 0 Å². The molecule has 0 aliphatic rings. The first-order valence-electron chi connectivity index (χ1n) is 28.6. The van der Waals surface area contributed by atoms with E-state index in [1.54, 1.807) is 69.2 Å². The lowest BCUT2D eigenvalue weighted by molar-refractivity contribution is -0.169. The van der Waals surface area contributed by atoms with Crippen LogP contribution in [0, 0.1) is 47.3 Å². The molecule has 0 fully saturated rings. The number of carboxylic acids is 2. The van der Waals surface area contributed by atoms with Crippen LogP contribution in [0.4, 0.5) is 0 Å². The topological polar surface area (TPSA) is 404 Å². The van der Waals surface area contributed by atoms with Gasteiger partial charge in [-0.3, -0.25) is 33.6 Å². The Morgan fingerprint density at radius 2 is 0.679 bits per heavy atom. The smallest absolute Gasteiger partial charge is 0.345 e. The van der Waals surface area contributed by atoms with Gasteiger partial charge in [-0.05, 0) is 87.9 Å². The summed E-state index contributed by atoms with van der Waals surface area (Å²) in [7, 11) is 0. The maximum absolute atomic E-state index is 13.9. The number of nitrogens with two attached hydrogens (primary N) is 1. The lowest BCUT2D eigenvalue weighted by atomic mass is 10.0. The van der Waals surface area contributed by atoms with E-state index in [9.17, 15) is 72.5 Å². The number of rotatable bonds is 37. The van der Waals surface area contributed by atoms with Crippen molar-refractivity contribution in [2.45, 2.75) is 237 Å². The standard InChI is InChI=1S/C57H96N6O21/c1-25(2)22-37(79-55(76)36(20-21-40(64)65)62-49(69)43(30(11)12)82-52(73)33(17)60-47(67)38(23-26(3)4)80-56(77)41(58)28(7)8)46(66)59-34(18)53(74)83-44(31(13)14)50(70)63-42(29(9)10)57(78)81-39(24-27(5)6)48(68)61-35(19)54(75)84-45(32(15)16)51(71)72/h25-39,41-45H,20-24,58H2,1-19H3,(H,59,66)(H,60,67)(H,61,68)(H,62,69)(H,63,70)(H,64,65)(H,71,72)/t33-,34-,35-,36+,37-,38-,39-,41+,42+,43+,44+,45+/m1/s1. The zero-order valence-electron chi connectivity index (χ0n) is 52.3. The molecule has 0 heterocycles. The maximum Gasteiger partial charge on any atom is 0.345 e. The molecule has 0 saturated heterocycles. The minimum atomic E-state index is -1.74. The number of aliphatic carboxylic acids is 2. The van der Waals surface area contributed by atoms with Gasteiger partial charge in [-0.1, -0.05) is 111 Å². The van der Waals surface area contributed by atoms with Crippen LogP contribution < -0.4 is 32.3 Å². The Kier molecular flexibility index (Phi) is 33.7. The monoisotopic (exact) mass is 1200 g/mol. The lowest BCUT2D eigenvalue weighted by Gasteiger charge is -2.29. The van der Waals surface area contributed by atoms with Crippen molar-refractivity contribution >= 4 is 77.3 Å². The Hall–Kier alpha value is -6.93. The van der Waals surface area contributed by atoms with E-state index < -0.39 is 187 Å². The fraction of sp³-hybridized carbons (Fsp3) is 0.772. The molecular formula is C57H96N6O21. The van der Waals surface area contributed by atoms with Gasteiger partial charge in [-0.25, -0.2) is 28.8 Å². The first-order valence-corrected chi connectivity index (χ1v) is 28.6. The second-order valence-corrected chi connectivity index (χ2v) is 24.0. The van der Waals surface area contributed by atoms with Crippen LogP contribution in [-0.2, 0) is 90.8 Å². The molecule has 480 valence electrons. The number of nitrogens with one attached hydrogen (secondary N) is 5. The highest BCUT2D eigenvalue weighted by molar-refractivity contribution is 5.95. The van der Waals surface area contributed by atoms with Crippen molar-refractivity contribution in [1.82, 2.24) is 26.6 Å². The zero-order valence-corrected chi connectivity index (χ0v) is 52.3. The van der Waals surface area contributed by atoms with Crippen molar-refractivity contribution in [2.24, 2.45) is 53.1 Å². The molecule has 5 amide bonds.